The van der Waals surface area contributed by atoms with Gasteiger partial charge in [-0.3, -0.25) is 9.78 Å². The van der Waals surface area contributed by atoms with Crippen molar-refractivity contribution in [3.63, 3.8) is 0 Å². The summed E-state index contributed by atoms with van der Waals surface area (Å²) in [5, 5.41) is 0. The summed E-state index contributed by atoms with van der Waals surface area (Å²) in [6.45, 7) is 7.20. The quantitative estimate of drug-likeness (QED) is 0.866. The van der Waals surface area contributed by atoms with Gasteiger partial charge in [0.05, 0.1) is 0 Å². The van der Waals surface area contributed by atoms with Gasteiger partial charge in [-0.1, -0.05) is 18.2 Å². The summed E-state index contributed by atoms with van der Waals surface area (Å²) in [4.78, 5) is 20.6. The van der Waals surface area contributed by atoms with Gasteiger partial charge in [0.1, 0.15) is 5.75 Å². The molecule has 0 spiro atoms. The summed E-state index contributed by atoms with van der Waals surface area (Å²) in [5.74, 6) is 0.869. The van der Waals surface area contributed by atoms with Gasteiger partial charge in [-0.15, -0.1) is 0 Å². The van der Waals surface area contributed by atoms with E-state index < -0.39 is 0 Å². The normalized spacial score (nSPS) is 14.6. The molecule has 0 radical (unpaired) electrons. The summed E-state index contributed by atoms with van der Waals surface area (Å²) in [6.07, 6.45) is 3.59. The van der Waals surface area contributed by atoms with E-state index in [-0.39, 0.29) is 12.5 Å². The van der Waals surface area contributed by atoms with E-state index >= 15 is 0 Å². The van der Waals surface area contributed by atoms with E-state index in [1.807, 2.05) is 49.1 Å². The minimum atomic E-state index is 0.0482. The summed E-state index contributed by atoms with van der Waals surface area (Å²) < 4.78 is 5.78. The predicted octanol–water partition coefficient (Wildman–Crippen LogP) is 2.43. The molecule has 1 aromatic carbocycles. The highest BCUT2D eigenvalue weighted by Gasteiger charge is 2.21. The standard InChI is InChI=1S/C19H23N3O2/c1-15-4-3-5-16(2)19(15)24-14-18(23)22-12-10-21(11-13-22)17-6-8-20-9-7-17/h3-9H,10-14H2,1-2H3. The molecule has 5 heteroatoms. The van der Waals surface area contributed by atoms with Crippen molar-refractivity contribution < 1.29 is 9.53 Å². The minimum absolute atomic E-state index is 0.0482. The number of hydrogen-bond acceptors (Lipinski definition) is 4. The van der Waals surface area contributed by atoms with Gasteiger partial charge >= 0.3 is 0 Å². The second-order valence-corrected chi connectivity index (χ2v) is 6.08. The zero-order chi connectivity index (χ0) is 16.9. The number of aromatic nitrogens is 1. The van der Waals surface area contributed by atoms with Gasteiger partial charge in [-0.05, 0) is 37.1 Å². The number of carbonyl (C=O) groups is 1. The van der Waals surface area contributed by atoms with Crippen LogP contribution < -0.4 is 9.64 Å². The fourth-order valence-electron chi connectivity index (χ4n) is 3.02. The van der Waals surface area contributed by atoms with Gasteiger partial charge in [0.15, 0.2) is 6.61 Å². The Morgan fingerprint density at radius 3 is 2.29 bits per heavy atom. The van der Waals surface area contributed by atoms with Crippen molar-refractivity contribution >= 4 is 11.6 Å². The lowest BCUT2D eigenvalue weighted by Gasteiger charge is -2.36. The fourth-order valence-corrected chi connectivity index (χ4v) is 3.02. The zero-order valence-corrected chi connectivity index (χ0v) is 14.2. The Morgan fingerprint density at radius 2 is 1.67 bits per heavy atom. The molecule has 2 aromatic rings. The molecule has 0 aliphatic carbocycles. The maximum absolute atomic E-state index is 12.4. The van der Waals surface area contributed by atoms with Gasteiger partial charge in [0, 0.05) is 44.3 Å². The average molecular weight is 325 g/mol. The molecular weight excluding hydrogens is 302 g/mol. The SMILES string of the molecule is Cc1cccc(C)c1OCC(=O)N1CCN(c2ccncc2)CC1. The summed E-state index contributed by atoms with van der Waals surface area (Å²) in [7, 11) is 0. The average Bonchev–Trinajstić information content (AvgIpc) is 2.62. The van der Waals surface area contributed by atoms with Crippen molar-refractivity contribution in [1.82, 2.24) is 9.88 Å². The third kappa shape index (κ3) is 3.67. The molecule has 5 nitrogen and oxygen atoms in total. The maximum atomic E-state index is 12.4. The predicted molar refractivity (Wildman–Crippen MR) is 94.4 cm³/mol. The molecule has 0 atom stereocenters. The van der Waals surface area contributed by atoms with Crippen molar-refractivity contribution in [1.29, 1.82) is 0 Å². The van der Waals surface area contributed by atoms with Crippen molar-refractivity contribution in [3.8, 4) is 5.75 Å². The molecular formula is C19H23N3O2. The maximum Gasteiger partial charge on any atom is 0.260 e. The molecule has 0 unspecified atom stereocenters. The topological polar surface area (TPSA) is 45.7 Å². The Bertz CT molecular complexity index is 675. The lowest BCUT2D eigenvalue weighted by Crippen LogP contribution is -2.50. The fraction of sp³-hybridized carbons (Fsp3) is 0.368. The third-order valence-electron chi connectivity index (χ3n) is 4.41. The number of ether oxygens (including phenoxy) is 1. The van der Waals surface area contributed by atoms with Crippen LogP contribution in [0.25, 0.3) is 0 Å². The van der Waals surface area contributed by atoms with Crippen LogP contribution in [0.4, 0.5) is 5.69 Å². The molecule has 24 heavy (non-hydrogen) atoms. The van der Waals surface area contributed by atoms with Gasteiger partial charge in [-0.2, -0.15) is 0 Å². The third-order valence-corrected chi connectivity index (χ3v) is 4.41. The van der Waals surface area contributed by atoms with Crippen LogP contribution in [0.5, 0.6) is 5.75 Å². The van der Waals surface area contributed by atoms with Crippen LogP contribution >= 0.6 is 0 Å². The van der Waals surface area contributed by atoms with E-state index in [4.69, 9.17) is 4.74 Å². The van der Waals surface area contributed by atoms with Crippen molar-refractivity contribution in [2.75, 3.05) is 37.7 Å². The molecule has 1 amide bonds. The number of rotatable bonds is 4. The molecule has 126 valence electrons. The highest BCUT2D eigenvalue weighted by Crippen LogP contribution is 2.22. The van der Waals surface area contributed by atoms with E-state index in [1.54, 1.807) is 12.4 Å². The number of amides is 1. The van der Waals surface area contributed by atoms with Gasteiger partial charge in [0.2, 0.25) is 0 Å². The number of hydrogen-bond donors (Lipinski definition) is 0. The Balaban J connectivity index is 1.52. The second-order valence-electron chi connectivity index (χ2n) is 6.08. The zero-order valence-electron chi connectivity index (χ0n) is 14.2. The summed E-state index contributed by atoms with van der Waals surface area (Å²) in [6, 6.07) is 10.0. The molecule has 1 aliphatic heterocycles. The molecule has 2 heterocycles. The highest BCUT2D eigenvalue weighted by molar-refractivity contribution is 5.78. The molecule has 1 aliphatic rings. The second kappa shape index (κ2) is 7.34. The lowest BCUT2D eigenvalue weighted by atomic mass is 10.1. The first-order chi connectivity index (χ1) is 11.6. The number of benzene rings is 1. The van der Waals surface area contributed by atoms with E-state index in [1.165, 1.54) is 0 Å². The Morgan fingerprint density at radius 1 is 1.04 bits per heavy atom. The number of nitrogens with zero attached hydrogens (tertiary/aromatic N) is 3. The Labute approximate surface area is 142 Å². The largest absolute Gasteiger partial charge is 0.483 e. The highest BCUT2D eigenvalue weighted by atomic mass is 16.5. The van der Waals surface area contributed by atoms with E-state index in [9.17, 15) is 4.79 Å². The van der Waals surface area contributed by atoms with Crippen molar-refractivity contribution in [3.05, 3.63) is 53.9 Å². The first kappa shape index (κ1) is 16.3. The van der Waals surface area contributed by atoms with Crippen molar-refractivity contribution in [2.24, 2.45) is 0 Å². The summed E-state index contributed by atoms with van der Waals surface area (Å²) >= 11 is 0. The van der Waals surface area contributed by atoms with Gasteiger partial charge < -0.3 is 14.5 Å². The van der Waals surface area contributed by atoms with E-state index in [0.29, 0.717) is 0 Å². The monoisotopic (exact) mass is 325 g/mol. The van der Waals surface area contributed by atoms with Crippen LogP contribution in [0.2, 0.25) is 0 Å². The molecule has 3 rings (SSSR count). The molecule has 1 fully saturated rings. The van der Waals surface area contributed by atoms with Gasteiger partial charge in [-0.25, -0.2) is 0 Å². The molecule has 0 N–H and O–H groups in total. The molecule has 0 bridgehead atoms. The van der Waals surface area contributed by atoms with Crippen LogP contribution in [0.3, 0.4) is 0 Å². The molecule has 0 saturated carbocycles. The van der Waals surface area contributed by atoms with Crippen LogP contribution in [0.15, 0.2) is 42.7 Å². The number of aryl methyl sites for hydroxylation is 2. The van der Waals surface area contributed by atoms with Crippen LogP contribution in [0.1, 0.15) is 11.1 Å². The number of para-hydroxylation sites is 1. The van der Waals surface area contributed by atoms with Crippen molar-refractivity contribution in [2.45, 2.75) is 13.8 Å². The van der Waals surface area contributed by atoms with Crippen LogP contribution in [-0.4, -0.2) is 48.6 Å². The molecule has 1 saturated heterocycles. The van der Waals surface area contributed by atoms with Gasteiger partial charge in [0.25, 0.3) is 5.91 Å². The Hall–Kier alpha value is -2.56. The first-order valence-electron chi connectivity index (χ1n) is 8.27. The number of piperazine rings is 1. The molecule has 1 aromatic heterocycles. The van der Waals surface area contributed by atoms with Crippen LogP contribution in [0, 0.1) is 13.8 Å². The van der Waals surface area contributed by atoms with E-state index in [2.05, 4.69) is 9.88 Å². The number of carbonyl (C=O) groups excluding carboxylic acids is 1. The smallest absolute Gasteiger partial charge is 0.260 e. The Kier molecular flexibility index (Phi) is 4.99. The van der Waals surface area contributed by atoms with E-state index in [0.717, 1.165) is 48.7 Å². The summed E-state index contributed by atoms with van der Waals surface area (Å²) in [5.41, 5.74) is 3.28. The number of anilines is 1. The lowest BCUT2D eigenvalue weighted by molar-refractivity contribution is -0.133. The minimum Gasteiger partial charge on any atom is -0.483 e. The first-order valence-corrected chi connectivity index (χ1v) is 8.27. The van der Waals surface area contributed by atoms with Crippen LogP contribution in [-0.2, 0) is 4.79 Å². The number of pyridine rings is 1.